The predicted molar refractivity (Wildman–Crippen MR) is 45.0 cm³/mol. The van der Waals surface area contributed by atoms with E-state index in [0.717, 1.165) is 0 Å². The third kappa shape index (κ3) is 3.27. The van der Waals surface area contributed by atoms with Crippen LogP contribution >= 0.6 is 0 Å². The van der Waals surface area contributed by atoms with E-state index >= 15 is 0 Å². The molecule has 1 aromatic heterocycles. The summed E-state index contributed by atoms with van der Waals surface area (Å²) in [6.07, 6.45) is -5.20. The molecular formula is C9H5F5N2O. The van der Waals surface area contributed by atoms with Crippen LogP contribution in [0.4, 0.5) is 22.0 Å². The summed E-state index contributed by atoms with van der Waals surface area (Å²) >= 11 is 0. The minimum atomic E-state index is -5.10. The number of nitrogens with zero attached hydrogens (tertiary/aromatic N) is 2. The van der Waals surface area contributed by atoms with Gasteiger partial charge in [-0.3, -0.25) is 0 Å². The van der Waals surface area contributed by atoms with Crippen LogP contribution in [0, 0.1) is 17.3 Å². The van der Waals surface area contributed by atoms with Crippen LogP contribution in [0.1, 0.15) is 11.1 Å². The average molecular weight is 252 g/mol. The lowest BCUT2D eigenvalue weighted by molar-refractivity contribution is -0.275. The highest BCUT2D eigenvalue weighted by Gasteiger charge is 2.34. The summed E-state index contributed by atoms with van der Waals surface area (Å²) in [4.78, 5) is 3.05. The lowest BCUT2D eigenvalue weighted by Crippen LogP contribution is -2.20. The van der Waals surface area contributed by atoms with Gasteiger partial charge in [0.2, 0.25) is 5.95 Å². The van der Waals surface area contributed by atoms with Gasteiger partial charge in [-0.05, 0) is 0 Å². The molecule has 0 unspecified atom stereocenters. The quantitative estimate of drug-likeness (QED) is 0.613. The standard InChI is InChI=1S/C9H5F5N2O/c10-3-5-4-16-8(11)6(1-2-15)7(5)17-9(12,13)14/h4H,1,3H2. The number of nitriles is 1. The highest BCUT2D eigenvalue weighted by Crippen LogP contribution is 2.31. The summed E-state index contributed by atoms with van der Waals surface area (Å²) in [5.74, 6) is -2.32. The predicted octanol–water partition coefficient (Wildman–Crippen LogP) is 2.65. The van der Waals surface area contributed by atoms with Crippen LogP contribution in [-0.2, 0) is 13.1 Å². The minimum absolute atomic E-state index is 0.561. The maximum Gasteiger partial charge on any atom is 0.573 e. The van der Waals surface area contributed by atoms with Gasteiger partial charge in [-0.1, -0.05) is 0 Å². The average Bonchev–Trinajstić information content (AvgIpc) is 2.22. The molecule has 0 spiro atoms. The van der Waals surface area contributed by atoms with Gasteiger partial charge in [-0.25, -0.2) is 9.37 Å². The Kier molecular flexibility index (Phi) is 3.83. The van der Waals surface area contributed by atoms with Gasteiger partial charge in [0, 0.05) is 11.8 Å². The number of hydrogen-bond acceptors (Lipinski definition) is 3. The summed E-state index contributed by atoms with van der Waals surface area (Å²) < 4.78 is 65.2. The zero-order chi connectivity index (χ0) is 13.1. The van der Waals surface area contributed by atoms with Crippen molar-refractivity contribution in [2.75, 3.05) is 0 Å². The van der Waals surface area contributed by atoms with E-state index in [0.29, 0.717) is 6.20 Å². The molecule has 3 nitrogen and oxygen atoms in total. The maximum atomic E-state index is 13.1. The smallest absolute Gasteiger partial charge is 0.405 e. The molecule has 1 aromatic rings. The Bertz CT molecular complexity index is 452. The molecule has 0 N–H and O–H groups in total. The molecule has 0 bridgehead atoms. The first-order chi connectivity index (χ1) is 7.89. The molecule has 0 radical (unpaired) electrons. The van der Waals surface area contributed by atoms with E-state index < -0.39 is 42.3 Å². The van der Waals surface area contributed by atoms with Gasteiger partial charge in [-0.2, -0.15) is 9.65 Å². The van der Waals surface area contributed by atoms with Crippen molar-refractivity contribution in [3.63, 3.8) is 0 Å². The van der Waals surface area contributed by atoms with Crippen molar-refractivity contribution in [2.45, 2.75) is 19.5 Å². The van der Waals surface area contributed by atoms with Crippen LogP contribution in [0.2, 0.25) is 0 Å². The molecule has 0 aliphatic heterocycles. The third-order valence-corrected chi connectivity index (χ3v) is 1.77. The summed E-state index contributed by atoms with van der Waals surface area (Å²) in [5.41, 5.74) is -1.27. The summed E-state index contributed by atoms with van der Waals surface area (Å²) in [6, 6.07) is 1.45. The molecular weight excluding hydrogens is 247 g/mol. The number of aromatic nitrogens is 1. The molecule has 0 saturated heterocycles. The molecule has 0 saturated carbocycles. The Balaban J connectivity index is 3.30. The maximum absolute atomic E-state index is 13.1. The zero-order valence-corrected chi connectivity index (χ0v) is 8.18. The Morgan fingerprint density at radius 2 is 2.06 bits per heavy atom. The van der Waals surface area contributed by atoms with E-state index in [2.05, 4.69) is 9.72 Å². The van der Waals surface area contributed by atoms with Gasteiger partial charge in [0.05, 0.1) is 18.1 Å². The molecule has 1 rings (SSSR count). The second-order valence-electron chi connectivity index (χ2n) is 2.90. The zero-order valence-electron chi connectivity index (χ0n) is 8.18. The topological polar surface area (TPSA) is 45.9 Å². The Morgan fingerprint density at radius 3 is 2.53 bits per heavy atom. The van der Waals surface area contributed by atoms with Crippen molar-refractivity contribution in [3.05, 3.63) is 23.3 Å². The summed E-state index contributed by atoms with van der Waals surface area (Å²) in [7, 11) is 0. The number of pyridine rings is 1. The van der Waals surface area contributed by atoms with Gasteiger partial charge in [0.25, 0.3) is 0 Å². The SMILES string of the molecule is N#CCc1c(F)ncc(CF)c1OC(F)(F)F. The fourth-order valence-electron chi connectivity index (χ4n) is 1.13. The van der Waals surface area contributed by atoms with Gasteiger partial charge in [0.15, 0.2) is 0 Å². The highest BCUT2D eigenvalue weighted by molar-refractivity contribution is 5.40. The van der Waals surface area contributed by atoms with Gasteiger partial charge >= 0.3 is 6.36 Å². The minimum Gasteiger partial charge on any atom is -0.405 e. The molecule has 17 heavy (non-hydrogen) atoms. The Hall–Kier alpha value is -1.91. The molecule has 0 fully saturated rings. The second-order valence-corrected chi connectivity index (χ2v) is 2.90. The van der Waals surface area contributed by atoms with Crippen molar-refractivity contribution in [2.24, 2.45) is 0 Å². The molecule has 0 aliphatic carbocycles. The lowest BCUT2D eigenvalue weighted by atomic mass is 10.1. The van der Waals surface area contributed by atoms with E-state index in [4.69, 9.17) is 5.26 Å². The molecule has 0 atom stereocenters. The fourth-order valence-corrected chi connectivity index (χ4v) is 1.13. The van der Waals surface area contributed by atoms with Crippen LogP contribution < -0.4 is 4.74 Å². The van der Waals surface area contributed by atoms with E-state index in [1.165, 1.54) is 6.07 Å². The van der Waals surface area contributed by atoms with Crippen LogP contribution in [-0.4, -0.2) is 11.3 Å². The molecule has 8 heteroatoms. The molecule has 0 amide bonds. The van der Waals surface area contributed by atoms with E-state index in [1.54, 1.807) is 0 Å². The van der Waals surface area contributed by atoms with Crippen LogP contribution in [0.25, 0.3) is 0 Å². The number of hydrogen-bond donors (Lipinski definition) is 0. The first-order valence-corrected chi connectivity index (χ1v) is 4.24. The van der Waals surface area contributed by atoms with Crippen LogP contribution in [0.15, 0.2) is 6.20 Å². The van der Waals surface area contributed by atoms with Gasteiger partial charge < -0.3 is 4.74 Å². The summed E-state index contributed by atoms with van der Waals surface area (Å²) in [5, 5.41) is 8.36. The van der Waals surface area contributed by atoms with E-state index in [9.17, 15) is 22.0 Å². The number of ether oxygens (including phenoxy) is 1. The van der Waals surface area contributed by atoms with Crippen LogP contribution in [0.3, 0.4) is 0 Å². The van der Waals surface area contributed by atoms with Crippen molar-refractivity contribution < 1.29 is 26.7 Å². The molecule has 0 aliphatic rings. The third-order valence-electron chi connectivity index (χ3n) is 1.77. The van der Waals surface area contributed by atoms with Crippen LogP contribution in [0.5, 0.6) is 5.75 Å². The molecule has 1 heterocycles. The first kappa shape index (κ1) is 13.2. The lowest BCUT2D eigenvalue weighted by Gasteiger charge is -2.14. The van der Waals surface area contributed by atoms with E-state index in [1.807, 2.05) is 0 Å². The Labute approximate surface area is 92.4 Å². The highest BCUT2D eigenvalue weighted by atomic mass is 19.4. The summed E-state index contributed by atoms with van der Waals surface area (Å²) in [6.45, 7) is -1.31. The number of halogens is 5. The molecule has 92 valence electrons. The van der Waals surface area contributed by atoms with Crippen molar-refractivity contribution in [1.82, 2.24) is 4.98 Å². The normalized spacial score (nSPS) is 11.1. The van der Waals surface area contributed by atoms with Crippen molar-refractivity contribution in [3.8, 4) is 11.8 Å². The molecule has 0 aromatic carbocycles. The van der Waals surface area contributed by atoms with Gasteiger partial charge in [-0.15, -0.1) is 13.2 Å². The first-order valence-electron chi connectivity index (χ1n) is 4.24. The number of alkyl halides is 4. The monoisotopic (exact) mass is 252 g/mol. The Morgan fingerprint density at radius 1 is 1.41 bits per heavy atom. The largest absolute Gasteiger partial charge is 0.573 e. The second kappa shape index (κ2) is 4.95. The number of rotatable bonds is 3. The van der Waals surface area contributed by atoms with Crippen molar-refractivity contribution >= 4 is 0 Å². The van der Waals surface area contributed by atoms with Crippen molar-refractivity contribution in [1.29, 1.82) is 5.26 Å². The van der Waals surface area contributed by atoms with Gasteiger partial charge in [0.1, 0.15) is 12.4 Å². The van der Waals surface area contributed by atoms with E-state index in [-0.39, 0.29) is 0 Å². The fraction of sp³-hybridized carbons (Fsp3) is 0.333.